The Morgan fingerprint density at radius 1 is 0.935 bits per heavy atom. The maximum Gasteiger partial charge on any atom is 0.416 e. The zero-order valence-corrected chi connectivity index (χ0v) is 17.2. The Morgan fingerprint density at radius 3 is 2.03 bits per heavy atom. The van der Waals surface area contributed by atoms with Crippen molar-refractivity contribution in [3.05, 3.63) is 88.2 Å². The zero-order chi connectivity index (χ0) is 22.8. The summed E-state index contributed by atoms with van der Waals surface area (Å²) in [7, 11) is 2.33. The van der Waals surface area contributed by atoms with Crippen LogP contribution in [0.25, 0.3) is 0 Å². The largest absolute Gasteiger partial charge is 0.466 e. The Bertz CT molecular complexity index is 1040. The Kier molecular flexibility index (Phi) is 6.40. The van der Waals surface area contributed by atoms with Gasteiger partial charge in [-0.3, -0.25) is 0 Å². The molecule has 0 radical (unpaired) electrons. The molecular formula is C22H17ClF3NO4. The van der Waals surface area contributed by atoms with E-state index in [1.54, 1.807) is 24.3 Å². The van der Waals surface area contributed by atoms with E-state index < -0.39 is 29.6 Å². The Balaban J connectivity index is 2.21. The summed E-state index contributed by atoms with van der Waals surface area (Å²) in [5.74, 6) is -2.47. The molecule has 0 amide bonds. The maximum absolute atomic E-state index is 13.2. The molecule has 0 spiro atoms. The standard InChI is InChI=1S/C22H17ClF3NO4/c1-30-20(28)16-11-27(14-7-5-6-13(10-14)22(24,25)26)12-17(21(29)31-2)19(16)15-8-3-4-9-18(15)23/h3-12,19H,1-2H3. The van der Waals surface area contributed by atoms with Gasteiger partial charge in [0.1, 0.15) is 0 Å². The van der Waals surface area contributed by atoms with Gasteiger partial charge in [-0.05, 0) is 29.8 Å². The Hall–Kier alpha value is -3.26. The van der Waals surface area contributed by atoms with Crippen LogP contribution in [0, 0.1) is 0 Å². The number of ether oxygens (including phenoxy) is 2. The van der Waals surface area contributed by atoms with E-state index in [-0.39, 0.29) is 16.8 Å². The second-order valence-corrected chi connectivity index (χ2v) is 6.97. The third-order valence-electron chi connectivity index (χ3n) is 4.71. The predicted molar refractivity (Wildman–Crippen MR) is 108 cm³/mol. The number of rotatable bonds is 4. The first-order valence-corrected chi connectivity index (χ1v) is 9.35. The highest BCUT2D eigenvalue weighted by Crippen LogP contribution is 2.41. The van der Waals surface area contributed by atoms with Crippen molar-refractivity contribution < 1.29 is 32.2 Å². The number of benzene rings is 2. The van der Waals surface area contributed by atoms with Crippen LogP contribution in [0.2, 0.25) is 5.02 Å². The van der Waals surface area contributed by atoms with Crippen molar-refractivity contribution in [3.63, 3.8) is 0 Å². The first kappa shape index (κ1) is 22.4. The molecule has 0 bridgehead atoms. The smallest absolute Gasteiger partial charge is 0.416 e. The van der Waals surface area contributed by atoms with Gasteiger partial charge in [0.2, 0.25) is 0 Å². The number of carbonyl (C=O) groups is 2. The Morgan fingerprint density at radius 2 is 1.52 bits per heavy atom. The van der Waals surface area contributed by atoms with Crippen LogP contribution in [0.5, 0.6) is 0 Å². The molecule has 5 nitrogen and oxygen atoms in total. The van der Waals surface area contributed by atoms with Gasteiger partial charge in [-0.15, -0.1) is 0 Å². The van der Waals surface area contributed by atoms with Crippen LogP contribution in [-0.4, -0.2) is 26.2 Å². The number of hydrogen-bond donors (Lipinski definition) is 0. The first-order valence-electron chi connectivity index (χ1n) is 8.97. The van der Waals surface area contributed by atoms with Gasteiger partial charge in [-0.25, -0.2) is 9.59 Å². The summed E-state index contributed by atoms with van der Waals surface area (Å²) in [6, 6.07) is 11.1. The van der Waals surface area contributed by atoms with Crippen molar-refractivity contribution in [1.29, 1.82) is 0 Å². The minimum Gasteiger partial charge on any atom is -0.466 e. The molecule has 31 heavy (non-hydrogen) atoms. The molecular weight excluding hydrogens is 435 g/mol. The summed E-state index contributed by atoms with van der Waals surface area (Å²) < 4.78 is 49.2. The van der Waals surface area contributed by atoms with Gasteiger partial charge >= 0.3 is 18.1 Å². The van der Waals surface area contributed by atoms with Crippen molar-refractivity contribution in [3.8, 4) is 0 Å². The minimum absolute atomic E-state index is 0.0101. The van der Waals surface area contributed by atoms with Gasteiger partial charge in [-0.2, -0.15) is 13.2 Å². The van der Waals surface area contributed by atoms with Crippen LogP contribution >= 0.6 is 11.6 Å². The van der Waals surface area contributed by atoms with Gasteiger partial charge < -0.3 is 14.4 Å². The molecule has 0 saturated carbocycles. The topological polar surface area (TPSA) is 55.8 Å². The number of anilines is 1. The van der Waals surface area contributed by atoms with E-state index in [4.69, 9.17) is 21.1 Å². The molecule has 0 aliphatic carbocycles. The summed E-state index contributed by atoms with van der Waals surface area (Å²) in [4.78, 5) is 26.5. The quantitative estimate of drug-likeness (QED) is 0.607. The van der Waals surface area contributed by atoms with E-state index in [9.17, 15) is 22.8 Å². The lowest BCUT2D eigenvalue weighted by atomic mass is 9.83. The molecule has 0 N–H and O–H groups in total. The van der Waals surface area contributed by atoms with E-state index >= 15 is 0 Å². The van der Waals surface area contributed by atoms with Crippen LogP contribution in [0.1, 0.15) is 17.0 Å². The van der Waals surface area contributed by atoms with Gasteiger partial charge in [0.25, 0.3) is 0 Å². The number of methoxy groups -OCH3 is 2. The molecule has 1 aliphatic heterocycles. The van der Waals surface area contributed by atoms with Gasteiger partial charge in [0.15, 0.2) is 0 Å². The first-order chi connectivity index (χ1) is 14.7. The average Bonchev–Trinajstić information content (AvgIpc) is 2.77. The number of halogens is 4. The molecule has 0 fully saturated rings. The van der Waals surface area contributed by atoms with Gasteiger partial charge in [0.05, 0.1) is 36.8 Å². The Labute approximate surface area is 181 Å². The molecule has 2 aromatic carbocycles. The molecule has 1 aliphatic rings. The highest BCUT2D eigenvalue weighted by Gasteiger charge is 2.37. The molecule has 9 heteroatoms. The fraction of sp³-hybridized carbons (Fsp3) is 0.182. The zero-order valence-electron chi connectivity index (χ0n) is 16.4. The van der Waals surface area contributed by atoms with E-state index in [1.807, 2.05) is 0 Å². The monoisotopic (exact) mass is 451 g/mol. The number of esters is 2. The summed E-state index contributed by atoms with van der Waals surface area (Å²) >= 11 is 6.31. The fourth-order valence-electron chi connectivity index (χ4n) is 3.27. The number of nitrogens with zero attached hydrogens (tertiary/aromatic N) is 1. The van der Waals surface area contributed by atoms with Crippen molar-refractivity contribution in [2.75, 3.05) is 19.1 Å². The van der Waals surface area contributed by atoms with E-state index in [1.165, 1.54) is 29.4 Å². The molecule has 1 heterocycles. The van der Waals surface area contributed by atoms with E-state index in [0.717, 1.165) is 26.4 Å². The van der Waals surface area contributed by atoms with Crippen LogP contribution in [0.3, 0.4) is 0 Å². The van der Waals surface area contributed by atoms with E-state index in [2.05, 4.69) is 0 Å². The third-order valence-corrected chi connectivity index (χ3v) is 5.05. The summed E-state index contributed by atoms with van der Waals surface area (Å²) in [5, 5.41) is 0.296. The van der Waals surface area contributed by atoms with Crippen LogP contribution in [0.4, 0.5) is 18.9 Å². The summed E-state index contributed by atoms with van der Waals surface area (Å²) in [5.41, 5.74) is -0.317. The van der Waals surface area contributed by atoms with Crippen molar-refractivity contribution in [1.82, 2.24) is 0 Å². The van der Waals surface area contributed by atoms with E-state index in [0.29, 0.717) is 10.6 Å². The van der Waals surface area contributed by atoms with Crippen molar-refractivity contribution >= 4 is 29.2 Å². The van der Waals surface area contributed by atoms with Gasteiger partial charge in [0, 0.05) is 23.1 Å². The molecule has 2 aromatic rings. The molecule has 0 atom stereocenters. The molecule has 0 unspecified atom stereocenters. The second kappa shape index (κ2) is 8.85. The van der Waals surface area contributed by atoms with Crippen LogP contribution < -0.4 is 4.90 Å². The normalized spacial score (nSPS) is 14.6. The third kappa shape index (κ3) is 4.59. The maximum atomic E-state index is 13.2. The average molecular weight is 452 g/mol. The highest BCUT2D eigenvalue weighted by atomic mass is 35.5. The lowest BCUT2D eigenvalue weighted by Gasteiger charge is -2.30. The molecule has 3 rings (SSSR count). The SMILES string of the molecule is COC(=O)C1=CN(c2cccc(C(F)(F)F)c2)C=C(C(=O)OC)C1c1ccccc1Cl. The van der Waals surface area contributed by atoms with Crippen LogP contribution in [-0.2, 0) is 25.2 Å². The number of carbonyl (C=O) groups excluding carboxylic acids is 2. The predicted octanol–water partition coefficient (Wildman–Crippen LogP) is 5.08. The highest BCUT2D eigenvalue weighted by molar-refractivity contribution is 6.31. The molecule has 162 valence electrons. The number of hydrogen-bond acceptors (Lipinski definition) is 5. The summed E-state index contributed by atoms with van der Waals surface area (Å²) in [6.07, 6.45) is -1.92. The van der Waals surface area contributed by atoms with Gasteiger partial charge in [-0.1, -0.05) is 35.9 Å². The van der Waals surface area contributed by atoms with Crippen molar-refractivity contribution in [2.45, 2.75) is 12.1 Å². The van der Waals surface area contributed by atoms with Crippen molar-refractivity contribution in [2.24, 2.45) is 0 Å². The van der Waals surface area contributed by atoms with Crippen LogP contribution in [0.15, 0.2) is 72.1 Å². The minimum atomic E-state index is -4.56. The summed E-state index contributed by atoms with van der Waals surface area (Å²) in [6.45, 7) is 0. The second-order valence-electron chi connectivity index (χ2n) is 6.56. The molecule has 0 aromatic heterocycles. The lowest BCUT2D eigenvalue weighted by Crippen LogP contribution is -2.29. The number of alkyl halides is 3. The lowest BCUT2D eigenvalue weighted by molar-refractivity contribution is -0.138. The molecule has 0 saturated heterocycles. The fourth-order valence-corrected chi connectivity index (χ4v) is 3.51.